The Bertz CT molecular complexity index is 1040. The van der Waals surface area contributed by atoms with Crippen LogP contribution in [0.3, 0.4) is 0 Å². The summed E-state index contributed by atoms with van der Waals surface area (Å²) in [6.45, 7) is 9.37. The first-order valence-corrected chi connectivity index (χ1v) is 10.4. The third-order valence-electron chi connectivity index (χ3n) is 4.46. The molecule has 32 heavy (non-hydrogen) atoms. The Hall–Kier alpha value is -3.55. The molecule has 3 rings (SSSR count). The fourth-order valence-electron chi connectivity index (χ4n) is 2.95. The molecule has 170 valence electrons. The number of aromatic nitrogens is 2. The maximum absolute atomic E-state index is 12.2. The van der Waals surface area contributed by atoms with Crippen molar-refractivity contribution in [2.75, 3.05) is 11.9 Å². The second kappa shape index (κ2) is 9.30. The van der Waals surface area contributed by atoms with Crippen molar-refractivity contribution in [3.8, 4) is 11.5 Å². The van der Waals surface area contributed by atoms with E-state index in [9.17, 15) is 4.79 Å². The van der Waals surface area contributed by atoms with Gasteiger partial charge in [0.05, 0.1) is 12.2 Å². The number of hydrogen-bond donors (Lipinski definition) is 1. The van der Waals surface area contributed by atoms with Gasteiger partial charge in [-0.3, -0.25) is 0 Å². The normalized spacial score (nSPS) is 11.7. The summed E-state index contributed by atoms with van der Waals surface area (Å²) in [4.78, 5) is 18.6. The number of ether oxygens (including phenoxy) is 2. The SMILES string of the molecule is CN(Cc1nc(C(C)(C)NC(=O)OC(C)(C)C)no1)c1ccccc1Oc1ccccc1. The molecule has 0 atom stereocenters. The number of amides is 1. The largest absolute Gasteiger partial charge is 0.455 e. The third-order valence-corrected chi connectivity index (χ3v) is 4.46. The van der Waals surface area contributed by atoms with E-state index >= 15 is 0 Å². The van der Waals surface area contributed by atoms with Crippen LogP contribution in [0.2, 0.25) is 0 Å². The fourth-order valence-corrected chi connectivity index (χ4v) is 2.95. The number of carbonyl (C=O) groups is 1. The lowest BCUT2D eigenvalue weighted by molar-refractivity contribution is 0.0465. The van der Waals surface area contributed by atoms with E-state index in [4.69, 9.17) is 14.0 Å². The van der Waals surface area contributed by atoms with Gasteiger partial charge in [0.2, 0.25) is 5.89 Å². The molecular formula is C24H30N4O4. The smallest absolute Gasteiger partial charge is 0.408 e. The molecule has 1 heterocycles. The first kappa shape index (κ1) is 23.1. The fraction of sp³-hybridized carbons (Fsp3) is 0.375. The van der Waals surface area contributed by atoms with Gasteiger partial charge in [-0.25, -0.2) is 4.79 Å². The highest BCUT2D eigenvalue weighted by molar-refractivity contribution is 5.68. The summed E-state index contributed by atoms with van der Waals surface area (Å²) in [5.74, 6) is 2.24. The summed E-state index contributed by atoms with van der Waals surface area (Å²) in [5, 5.41) is 6.84. The average Bonchev–Trinajstić information content (AvgIpc) is 3.17. The van der Waals surface area contributed by atoms with Crippen LogP contribution in [0.4, 0.5) is 10.5 Å². The molecular weight excluding hydrogens is 408 g/mol. The number of rotatable bonds is 7. The van der Waals surface area contributed by atoms with Crippen molar-refractivity contribution < 1.29 is 18.8 Å². The number of hydrogen-bond acceptors (Lipinski definition) is 7. The van der Waals surface area contributed by atoms with Crippen molar-refractivity contribution in [3.05, 3.63) is 66.3 Å². The minimum Gasteiger partial charge on any atom is -0.455 e. The molecule has 2 aromatic carbocycles. The number of anilines is 1. The maximum Gasteiger partial charge on any atom is 0.408 e. The van der Waals surface area contributed by atoms with Crippen LogP contribution in [0.1, 0.15) is 46.3 Å². The third kappa shape index (κ3) is 6.23. The van der Waals surface area contributed by atoms with Crippen LogP contribution >= 0.6 is 0 Å². The van der Waals surface area contributed by atoms with E-state index in [1.54, 1.807) is 34.6 Å². The highest BCUT2D eigenvalue weighted by atomic mass is 16.6. The Morgan fingerprint density at radius 2 is 1.69 bits per heavy atom. The highest BCUT2D eigenvalue weighted by Gasteiger charge is 2.31. The van der Waals surface area contributed by atoms with Crippen LogP contribution in [-0.4, -0.2) is 28.9 Å². The first-order valence-electron chi connectivity index (χ1n) is 10.4. The standard InChI is InChI=1S/C24H30N4O4/c1-23(2,3)31-22(29)26-24(4,5)21-25-20(32-27-21)16-28(6)18-14-10-11-15-19(18)30-17-12-8-7-9-13-17/h7-15H,16H2,1-6H3,(H,26,29). The van der Waals surface area contributed by atoms with E-state index in [-0.39, 0.29) is 0 Å². The van der Waals surface area contributed by atoms with Crippen molar-refractivity contribution in [2.24, 2.45) is 0 Å². The average molecular weight is 439 g/mol. The molecule has 0 bridgehead atoms. The van der Waals surface area contributed by atoms with Gasteiger partial charge in [0, 0.05) is 7.05 Å². The maximum atomic E-state index is 12.2. The molecule has 0 radical (unpaired) electrons. The lowest BCUT2D eigenvalue weighted by Crippen LogP contribution is -2.44. The Kier molecular flexibility index (Phi) is 6.72. The lowest BCUT2D eigenvalue weighted by Gasteiger charge is -2.26. The predicted molar refractivity (Wildman–Crippen MR) is 122 cm³/mol. The Morgan fingerprint density at radius 3 is 2.38 bits per heavy atom. The summed E-state index contributed by atoms with van der Waals surface area (Å²) in [6, 6.07) is 17.3. The zero-order valence-electron chi connectivity index (χ0n) is 19.4. The molecule has 1 amide bonds. The van der Waals surface area contributed by atoms with Gasteiger partial charge in [-0.15, -0.1) is 0 Å². The number of nitrogens with zero attached hydrogens (tertiary/aromatic N) is 3. The predicted octanol–water partition coefficient (Wildman–Crippen LogP) is 5.26. The minimum atomic E-state index is -0.864. The number of benzene rings is 2. The molecule has 1 N–H and O–H groups in total. The molecule has 0 aliphatic heterocycles. The monoisotopic (exact) mass is 438 g/mol. The summed E-state index contributed by atoms with van der Waals surface area (Å²) in [7, 11) is 1.92. The van der Waals surface area contributed by atoms with Crippen molar-refractivity contribution >= 4 is 11.8 Å². The van der Waals surface area contributed by atoms with Gasteiger partial charge in [-0.2, -0.15) is 4.98 Å². The van der Waals surface area contributed by atoms with Crippen LogP contribution in [0.5, 0.6) is 11.5 Å². The molecule has 8 heteroatoms. The number of alkyl carbamates (subject to hydrolysis) is 1. The zero-order chi connectivity index (χ0) is 23.4. The quantitative estimate of drug-likeness (QED) is 0.538. The Labute approximate surface area is 188 Å². The second-order valence-electron chi connectivity index (χ2n) is 9.00. The summed E-state index contributed by atoms with van der Waals surface area (Å²) >= 11 is 0. The molecule has 8 nitrogen and oxygen atoms in total. The van der Waals surface area contributed by atoms with Gasteiger partial charge < -0.3 is 24.2 Å². The minimum absolute atomic E-state index is 0.362. The lowest BCUT2D eigenvalue weighted by atomic mass is 10.1. The molecule has 0 aliphatic rings. The summed E-state index contributed by atoms with van der Waals surface area (Å²) in [5.41, 5.74) is -0.584. The van der Waals surface area contributed by atoms with Crippen LogP contribution in [0.25, 0.3) is 0 Å². The van der Waals surface area contributed by atoms with Crippen LogP contribution < -0.4 is 15.0 Å². The van der Waals surface area contributed by atoms with E-state index in [0.717, 1.165) is 11.4 Å². The summed E-state index contributed by atoms with van der Waals surface area (Å²) < 4.78 is 16.8. The molecule has 0 saturated carbocycles. The Morgan fingerprint density at radius 1 is 1.03 bits per heavy atom. The van der Waals surface area contributed by atoms with E-state index in [1.807, 2.05) is 66.5 Å². The van der Waals surface area contributed by atoms with Crippen LogP contribution in [0, 0.1) is 0 Å². The van der Waals surface area contributed by atoms with Gasteiger partial charge in [-0.05, 0) is 58.9 Å². The number of nitrogens with one attached hydrogen (secondary N) is 1. The number of para-hydroxylation sites is 3. The van der Waals surface area contributed by atoms with E-state index < -0.39 is 17.2 Å². The Balaban J connectivity index is 1.70. The van der Waals surface area contributed by atoms with Crippen molar-refractivity contribution in [3.63, 3.8) is 0 Å². The summed E-state index contributed by atoms with van der Waals surface area (Å²) in [6.07, 6.45) is -0.544. The molecule has 0 unspecified atom stereocenters. The second-order valence-corrected chi connectivity index (χ2v) is 9.00. The van der Waals surface area contributed by atoms with Crippen LogP contribution in [-0.2, 0) is 16.8 Å². The molecule has 0 spiro atoms. The van der Waals surface area contributed by atoms with E-state index in [2.05, 4.69) is 15.5 Å². The molecule has 0 aliphatic carbocycles. The zero-order valence-corrected chi connectivity index (χ0v) is 19.4. The highest BCUT2D eigenvalue weighted by Crippen LogP contribution is 2.32. The first-order chi connectivity index (χ1) is 15.0. The van der Waals surface area contributed by atoms with Crippen molar-refractivity contribution in [2.45, 2.75) is 52.3 Å². The van der Waals surface area contributed by atoms with Gasteiger partial charge >= 0.3 is 6.09 Å². The van der Waals surface area contributed by atoms with E-state index in [0.29, 0.717) is 24.0 Å². The van der Waals surface area contributed by atoms with Crippen molar-refractivity contribution in [1.82, 2.24) is 15.5 Å². The molecule has 1 aromatic heterocycles. The van der Waals surface area contributed by atoms with Gasteiger partial charge in [0.25, 0.3) is 0 Å². The van der Waals surface area contributed by atoms with Crippen molar-refractivity contribution in [1.29, 1.82) is 0 Å². The topological polar surface area (TPSA) is 89.7 Å². The van der Waals surface area contributed by atoms with Gasteiger partial charge in [0.1, 0.15) is 16.9 Å². The molecule has 0 saturated heterocycles. The van der Waals surface area contributed by atoms with Gasteiger partial charge in [0.15, 0.2) is 11.6 Å². The number of carbonyl (C=O) groups excluding carboxylic acids is 1. The molecule has 0 fully saturated rings. The van der Waals surface area contributed by atoms with E-state index in [1.165, 1.54) is 0 Å². The molecule has 3 aromatic rings. The van der Waals surface area contributed by atoms with Gasteiger partial charge in [-0.1, -0.05) is 35.5 Å². The van der Waals surface area contributed by atoms with Crippen LogP contribution in [0.15, 0.2) is 59.1 Å².